The van der Waals surface area contributed by atoms with E-state index in [1.807, 2.05) is 6.92 Å². The summed E-state index contributed by atoms with van der Waals surface area (Å²) < 4.78 is 4.87. The van der Waals surface area contributed by atoms with Crippen molar-refractivity contribution in [3.63, 3.8) is 0 Å². The summed E-state index contributed by atoms with van der Waals surface area (Å²) in [6.45, 7) is 6.52. The second-order valence-electron chi connectivity index (χ2n) is 9.55. The van der Waals surface area contributed by atoms with Gasteiger partial charge in [0.2, 0.25) is 23.6 Å². The predicted molar refractivity (Wildman–Crippen MR) is 145 cm³/mol. The smallest absolute Gasteiger partial charge is 0.308 e. The number of nitrogens with zero attached hydrogens (tertiary/aromatic N) is 5. The van der Waals surface area contributed by atoms with E-state index in [9.17, 15) is 28.8 Å². The number of pyridine rings is 1. The van der Waals surface area contributed by atoms with Gasteiger partial charge in [-0.15, -0.1) is 10.2 Å². The summed E-state index contributed by atoms with van der Waals surface area (Å²) in [7, 11) is 0. The number of hydrogen-bond donors (Lipinski definition) is 4. The first-order valence-electron chi connectivity index (χ1n) is 13.3. The standard InChI is InChI=1S/C26H33N9O7/c1-4-9-42-22(39)11-17(14-36)29-25(40)18-10-16-7-6-8-27-24(16)35(18)21(38)13-28-26(41)23(15(3)5-2)30-20(37)12-19-31-33-34-32-19/h4,6-8,14-15,17-18,23H,1,5,9-13H2,2-3H3,(H,28,41)(H,29,40)(H,30,37)(H,31,32,33,34)/t15-,17?,18-,23-/m0/s1. The quantitative estimate of drug-likeness (QED) is 0.108. The number of carbonyl (C=O) groups excluding carboxylic acids is 6. The molecule has 0 aromatic carbocycles. The van der Waals surface area contributed by atoms with Crippen LogP contribution in [-0.2, 0) is 46.3 Å². The molecule has 1 aliphatic rings. The van der Waals surface area contributed by atoms with Crippen LogP contribution in [0.15, 0.2) is 31.0 Å². The molecule has 16 nitrogen and oxygen atoms in total. The summed E-state index contributed by atoms with van der Waals surface area (Å²) in [6.07, 6.45) is 3.29. The number of esters is 1. The van der Waals surface area contributed by atoms with Crippen molar-refractivity contribution in [2.75, 3.05) is 18.1 Å². The lowest BCUT2D eigenvalue weighted by molar-refractivity contribution is -0.144. The summed E-state index contributed by atoms with van der Waals surface area (Å²) in [5, 5.41) is 20.8. The number of fused-ring (bicyclic) bond motifs is 1. The van der Waals surface area contributed by atoms with Gasteiger partial charge in [0.25, 0.3) is 0 Å². The fraction of sp³-hybridized carbons (Fsp3) is 0.462. The van der Waals surface area contributed by atoms with Gasteiger partial charge in [0.05, 0.1) is 25.4 Å². The second kappa shape index (κ2) is 15.1. The van der Waals surface area contributed by atoms with Crippen molar-refractivity contribution in [2.45, 2.75) is 57.7 Å². The van der Waals surface area contributed by atoms with Crippen molar-refractivity contribution in [2.24, 2.45) is 5.92 Å². The van der Waals surface area contributed by atoms with Crippen LogP contribution in [0, 0.1) is 5.92 Å². The highest BCUT2D eigenvalue weighted by molar-refractivity contribution is 6.05. The van der Waals surface area contributed by atoms with Gasteiger partial charge in [-0.2, -0.15) is 5.21 Å². The molecule has 224 valence electrons. The number of tetrazole rings is 1. The van der Waals surface area contributed by atoms with Crippen molar-refractivity contribution in [3.8, 4) is 0 Å². The summed E-state index contributed by atoms with van der Waals surface area (Å²) in [5.41, 5.74) is 0.608. The highest BCUT2D eigenvalue weighted by Gasteiger charge is 2.40. The number of aromatic amines is 1. The molecule has 42 heavy (non-hydrogen) atoms. The van der Waals surface area contributed by atoms with Gasteiger partial charge in [-0.1, -0.05) is 44.2 Å². The Labute approximate surface area is 241 Å². The van der Waals surface area contributed by atoms with Crippen LogP contribution in [0.3, 0.4) is 0 Å². The zero-order chi connectivity index (χ0) is 30.6. The average molecular weight is 584 g/mol. The molecule has 2 aromatic rings. The molecule has 0 spiro atoms. The fourth-order valence-electron chi connectivity index (χ4n) is 4.24. The third-order valence-electron chi connectivity index (χ3n) is 6.57. The van der Waals surface area contributed by atoms with Crippen molar-refractivity contribution in [1.82, 2.24) is 41.6 Å². The normalized spacial score (nSPS) is 15.9. The molecule has 0 radical (unpaired) electrons. The van der Waals surface area contributed by atoms with E-state index in [1.165, 1.54) is 12.3 Å². The average Bonchev–Trinajstić information content (AvgIpc) is 3.64. The van der Waals surface area contributed by atoms with Crippen molar-refractivity contribution in [3.05, 3.63) is 42.4 Å². The van der Waals surface area contributed by atoms with E-state index in [0.717, 1.165) is 4.90 Å². The van der Waals surface area contributed by atoms with Crippen LogP contribution in [-0.4, -0.2) is 92.8 Å². The Morgan fingerprint density at radius 3 is 2.71 bits per heavy atom. The number of amides is 4. The molecule has 4 atom stereocenters. The SMILES string of the molecule is C=CCOC(=O)CC(C=O)NC(=O)[C@@H]1Cc2cccnc2N1C(=O)CNC(=O)[C@@H](NC(=O)Cc1nn[nH]n1)[C@@H](C)CC. The van der Waals surface area contributed by atoms with Gasteiger partial charge in [-0.05, 0) is 17.5 Å². The minimum atomic E-state index is -1.18. The number of aromatic nitrogens is 5. The van der Waals surface area contributed by atoms with E-state index in [4.69, 9.17) is 4.74 Å². The van der Waals surface area contributed by atoms with E-state index in [-0.39, 0.29) is 37.0 Å². The van der Waals surface area contributed by atoms with Crippen LogP contribution in [0.2, 0.25) is 0 Å². The Morgan fingerprint density at radius 1 is 1.26 bits per heavy atom. The van der Waals surface area contributed by atoms with Crippen molar-refractivity contribution < 1.29 is 33.5 Å². The van der Waals surface area contributed by atoms with Crippen LogP contribution in [0.5, 0.6) is 0 Å². The van der Waals surface area contributed by atoms with Crippen LogP contribution < -0.4 is 20.9 Å². The molecular weight excluding hydrogens is 550 g/mol. The van der Waals surface area contributed by atoms with Gasteiger partial charge in [0.15, 0.2) is 5.82 Å². The topological polar surface area (TPSA) is 218 Å². The maximum atomic E-state index is 13.4. The predicted octanol–water partition coefficient (Wildman–Crippen LogP) is -1.45. The minimum absolute atomic E-state index is 0.0453. The number of anilines is 1. The van der Waals surface area contributed by atoms with Gasteiger partial charge in [0.1, 0.15) is 30.8 Å². The van der Waals surface area contributed by atoms with Crippen LogP contribution in [0.4, 0.5) is 5.82 Å². The first kappa shape index (κ1) is 31.5. The number of carbonyl (C=O) groups is 6. The van der Waals surface area contributed by atoms with Gasteiger partial charge in [0, 0.05) is 12.6 Å². The van der Waals surface area contributed by atoms with Crippen LogP contribution in [0.1, 0.15) is 38.1 Å². The Hall–Kier alpha value is -5.02. The van der Waals surface area contributed by atoms with E-state index in [1.54, 1.807) is 19.1 Å². The molecule has 1 unspecified atom stereocenters. The Kier molecular flexibility index (Phi) is 11.3. The van der Waals surface area contributed by atoms with E-state index < -0.39 is 60.7 Å². The molecule has 4 amide bonds. The lowest BCUT2D eigenvalue weighted by Crippen LogP contribution is -2.55. The number of nitrogens with one attached hydrogen (secondary N) is 4. The van der Waals surface area contributed by atoms with Gasteiger partial charge < -0.3 is 25.5 Å². The van der Waals surface area contributed by atoms with Crippen LogP contribution in [0.25, 0.3) is 0 Å². The lowest BCUT2D eigenvalue weighted by atomic mass is 9.98. The zero-order valence-corrected chi connectivity index (χ0v) is 23.2. The van der Waals surface area contributed by atoms with Crippen LogP contribution >= 0.6 is 0 Å². The molecular formula is C26H33N9O7. The molecule has 0 aliphatic carbocycles. The molecule has 0 bridgehead atoms. The number of ether oxygens (including phenoxy) is 1. The first-order chi connectivity index (χ1) is 20.2. The summed E-state index contributed by atoms with van der Waals surface area (Å²) in [6, 6.07) is 0.124. The molecule has 3 rings (SSSR count). The zero-order valence-electron chi connectivity index (χ0n) is 23.2. The first-order valence-corrected chi connectivity index (χ1v) is 13.3. The van der Waals surface area contributed by atoms with Gasteiger partial charge in [-0.3, -0.25) is 28.9 Å². The van der Waals surface area contributed by atoms with E-state index in [0.29, 0.717) is 18.3 Å². The number of H-pyrrole nitrogens is 1. The number of aldehydes is 1. The third kappa shape index (κ3) is 8.25. The second-order valence-corrected chi connectivity index (χ2v) is 9.55. The highest BCUT2D eigenvalue weighted by atomic mass is 16.5. The number of hydrogen-bond acceptors (Lipinski definition) is 11. The molecule has 0 saturated carbocycles. The van der Waals surface area contributed by atoms with Gasteiger partial charge in [-0.25, -0.2) is 4.98 Å². The summed E-state index contributed by atoms with van der Waals surface area (Å²) in [4.78, 5) is 81.0. The minimum Gasteiger partial charge on any atom is -0.461 e. The monoisotopic (exact) mass is 583 g/mol. The van der Waals surface area contributed by atoms with Crippen molar-refractivity contribution >= 4 is 41.7 Å². The molecule has 2 aromatic heterocycles. The maximum Gasteiger partial charge on any atom is 0.308 e. The lowest BCUT2D eigenvalue weighted by Gasteiger charge is -2.26. The Morgan fingerprint density at radius 2 is 2.05 bits per heavy atom. The van der Waals surface area contributed by atoms with Gasteiger partial charge >= 0.3 is 5.97 Å². The highest BCUT2D eigenvalue weighted by Crippen LogP contribution is 2.30. The summed E-state index contributed by atoms with van der Waals surface area (Å²) >= 11 is 0. The molecule has 4 N–H and O–H groups in total. The Bertz CT molecular complexity index is 1300. The third-order valence-corrected chi connectivity index (χ3v) is 6.57. The molecule has 0 saturated heterocycles. The van der Waals surface area contributed by atoms with Crippen molar-refractivity contribution in [1.29, 1.82) is 0 Å². The number of rotatable bonds is 15. The Balaban J connectivity index is 1.68. The molecule has 3 heterocycles. The van der Waals surface area contributed by atoms with E-state index >= 15 is 0 Å². The van der Waals surface area contributed by atoms with E-state index in [2.05, 4.69) is 48.1 Å². The largest absolute Gasteiger partial charge is 0.461 e. The molecule has 16 heteroatoms. The fourth-order valence-corrected chi connectivity index (χ4v) is 4.24. The molecule has 1 aliphatic heterocycles. The summed E-state index contributed by atoms with van der Waals surface area (Å²) in [5.74, 6) is -3.03. The maximum absolute atomic E-state index is 13.4. The molecule has 0 fully saturated rings.